The van der Waals surface area contributed by atoms with Gasteiger partial charge in [-0.15, -0.1) is 0 Å². The lowest BCUT2D eigenvalue weighted by atomic mass is 9.91. The number of pyridine rings is 1. The number of anilines is 1. The van der Waals surface area contributed by atoms with E-state index in [1.807, 2.05) is 31.9 Å². The van der Waals surface area contributed by atoms with Gasteiger partial charge in [-0.2, -0.15) is 10.2 Å². The monoisotopic (exact) mass is 325 g/mol. The molecule has 1 aromatic carbocycles. The number of aliphatic hydroxyl groups is 1. The lowest BCUT2D eigenvalue weighted by Crippen LogP contribution is -2.24. The van der Waals surface area contributed by atoms with Gasteiger partial charge in [0.1, 0.15) is 25.5 Å². The van der Waals surface area contributed by atoms with Crippen molar-refractivity contribution in [2.75, 3.05) is 32.2 Å². The van der Waals surface area contributed by atoms with Crippen molar-refractivity contribution in [2.24, 2.45) is 0 Å². The third-order valence-electron chi connectivity index (χ3n) is 3.68. The maximum atomic E-state index is 9.35. The topological polar surface area (TPSA) is 78.6 Å². The average Bonchev–Trinajstić information content (AvgIpc) is 2.61. The summed E-state index contributed by atoms with van der Waals surface area (Å²) in [6.45, 7) is 1.10. The van der Waals surface area contributed by atoms with E-state index in [0.717, 1.165) is 11.0 Å². The van der Waals surface area contributed by atoms with Crippen molar-refractivity contribution in [3.8, 4) is 17.7 Å². The Labute approximate surface area is 142 Å². The first-order chi connectivity index (χ1) is 11.6. The smallest absolute Gasteiger partial charge is 0.221 e. The molecule has 0 atom stereocenters. The summed E-state index contributed by atoms with van der Waals surface area (Å²) in [6, 6.07) is 11.0. The van der Waals surface area contributed by atoms with Crippen LogP contribution < -0.4 is 15.1 Å². The summed E-state index contributed by atoms with van der Waals surface area (Å²) in [4.78, 5) is 6.28. The summed E-state index contributed by atoms with van der Waals surface area (Å²) >= 11 is 0. The Morgan fingerprint density at radius 2 is 2.12 bits per heavy atom. The minimum atomic E-state index is -0.0468. The van der Waals surface area contributed by atoms with Crippen molar-refractivity contribution in [2.45, 2.75) is 6.61 Å². The van der Waals surface area contributed by atoms with Gasteiger partial charge >= 0.3 is 0 Å². The molecule has 0 fully saturated rings. The van der Waals surface area contributed by atoms with E-state index in [0.29, 0.717) is 36.2 Å². The second-order valence-electron chi connectivity index (χ2n) is 5.40. The lowest BCUT2D eigenvalue weighted by molar-refractivity contribution is 0.206. The fraction of sp³-hybridized carbons (Fsp3) is 0.294. The van der Waals surface area contributed by atoms with Gasteiger partial charge in [0.25, 0.3) is 0 Å². The zero-order valence-electron chi connectivity index (χ0n) is 14.1. The number of benzene rings is 1. The minimum absolute atomic E-state index is 0.0468. The highest BCUT2D eigenvalue weighted by molar-refractivity contribution is 6.33. The van der Waals surface area contributed by atoms with Gasteiger partial charge in [0.05, 0.1) is 18.8 Å². The van der Waals surface area contributed by atoms with Crippen LogP contribution in [0.15, 0.2) is 30.3 Å². The number of ether oxygens (including phenoxy) is 2. The molecule has 0 unspecified atom stereocenters. The molecule has 0 aliphatic carbocycles. The molecule has 1 N–H and O–H groups in total. The van der Waals surface area contributed by atoms with Crippen LogP contribution in [0.2, 0.25) is 0 Å². The molecular formula is C17H20BN3O3. The second-order valence-corrected chi connectivity index (χ2v) is 5.40. The molecule has 0 saturated carbocycles. The molecule has 0 amide bonds. The molecule has 1 heterocycles. The van der Waals surface area contributed by atoms with Gasteiger partial charge < -0.3 is 19.5 Å². The van der Waals surface area contributed by atoms with Crippen LogP contribution in [0.4, 0.5) is 5.82 Å². The number of hydrogen-bond acceptors (Lipinski definition) is 6. The van der Waals surface area contributed by atoms with Crippen molar-refractivity contribution in [3.63, 3.8) is 0 Å². The molecule has 0 radical (unpaired) electrons. The Bertz CT molecular complexity index is 746. The van der Waals surface area contributed by atoms with E-state index >= 15 is 0 Å². The summed E-state index contributed by atoms with van der Waals surface area (Å²) in [6.07, 6.45) is 0. The molecule has 24 heavy (non-hydrogen) atoms. The van der Waals surface area contributed by atoms with E-state index in [2.05, 4.69) is 11.1 Å². The van der Waals surface area contributed by atoms with Crippen LogP contribution in [-0.4, -0.2) is 45.2 Å². The Hall–Kier alpha value is -2.56. The molecular weight excluding hydrogens is 305 g/mol. The van der Waals surface area contributed by atoms with Crippen LogP contribution in [-0.2, 0) is 11.3 Å². The molecule has 7 heteroatoms. The van der Waals surface area contributed by atoms with E-state index in [-0.39, 0.29) is 6.61 Å². The van der Waals surface area contributed by atoms with Crippen molar-refractivity contribution >= 4 is 19.1 Å². The van der Waals surface area contributed by atoms with Crippen molar-refractivity contribution < 1.29 is 14.6 Å². The molecule has 1 aromatic heterocycles. The Kier molecular flexibility index (Phi) is 6.18. The number of aliphatic hydroxyl groups excluding tert-OH is 1. The first-order valence-electron chi connectivity index (χ1n) is 7.58. The van der Waals surface area contributed by atoms with Crippen molar-refractivity contribution in [3.05, 3.63) is 41.5 Å². The minimum Gasteiger partial charge on any atom is -0.439 e. The third kappa shape index (κ3) is 4.25. The van der Waals surface area contributed by atoms with Crippen molar-refractivity contribution in [1.29, 1.82) is 5.26 Å². The Morgan fingerprint density at radius 3 is 2.79 bits per heavy atom. The first-order valence-corrected chi connectivity index (χ1v) is 7.58. The molecule has 0 saturated heterocycles. The quantitative estimate of drug-likeness (QED) is 0.750. The fourth-order valence-corrected chi connectivity index (χ4v) is 2.20. The average molecular weight is 325 g/mol. The van der Waals surface area contributed by atoms with Crippen LogP contribution in [0.5, 0.6) is 11.6 Å². The summed E-state index contributed by atoms with van der Waals surface area (Å²) in [5.74, 6) is 1.52. The highest BCUT2D eigenvalue weighted by atomic mass is 16.5. The number of aromatic nitrogens is 1. The van der Waals surface area contributed by atoms with Crippen LogP contribution in [0.3, 0.4) is 0 Å². The lowest BCUT2D eigenvalue weighted by Gasteiger charge is -2.19. The van der Waals surface area contributed by atoms with Crippen LogP contribution in [0, 0.1) is 11.3 Å². The molecule has 124 valence electrons. The predicted molar refractivity (Wildman–Crippen MR) is 94.7 cm³/mol. The highest BCUT2D eigenvalue weighted by Crippen LogP contribution is 2.24. The van der Waals surface area contributed by atoms with Gasteiger partial charge in [0.2, 0.25) is 5.88 Å². The molecule has 0 spiro atoms. The van der Waals surface area contributed by atoms with Gasteiger partial charge in [-0.3, -0.25) is 0 Å². The fourth-order valence-electron chi connectivity index (χ4n) is 2.20. The Morgan fingerprint density at radius 1 is 1.33 bits per heavy atom. The van der Waals surface area contributed by atoms with Crippen molar-refractivity contribution in [1.82, 2.24) is 4.98 Å². The van der Waals surface area contributed by atoms with Crippen LogP contribution >= 0.6 is 0 Å². The molecule has 0 aliphatic rings. The number of nitrogens with zero attached hydrogens (tertiary/aromatic N) is 3. The molecule has 2 rings (SSSR count). The summed E-state index contributed by atoms with van der Waals surface area (Å²) in [7, 11) is 5.40. The van der Waals surface area contributed by atoms with Gasteiger partial charge in [-0.1, -0.05) is 11.5 Å². The largest absolute Gasteiger partial charge is 0.439 e. The molecule has 6 nitrogen and oxygen atoms in total. The maximum Gasteiger partial charge on any atom is 0.221 e. The van der Waals surface area contributed by atoms with E-state index in [9.17, 15) is 10.4 Å². The van der Waals surface area contributed by atoms with Crippen LogP contribution in [0.25, 0.3) is 0 Å². The number of likely N-dealkylation sites (N-methyl/N-ethyl adjacent to an activating group) is 1. The standard InChI is InChI=1S/C17H20BN3O3/c1-21(7-8-23-2)17-12(10-19)3-6-16(20-17)24-14-4-5-15(18)13(9-14)11-22/h3-6,9,22H,7-8,11,18H2,1-2H3. The molecule has 0 aliphatic heterocycles. The summed E-state index contributed by atoms with van der Waals surface area (Å²) in [5.41, 5.74) is 2.28. The summed E-state index contributed by atoms with van der Waals surface area (Å²) in [5, 5.41) is 18.6. The van der Waals surface area contributed by atoms with Gasteiger partial charge in [0, 0.05) is 26.8 Å². The molecule has 0 bridgehead atoms. The number of methoxy groups -OCH3 is 1. The van der Waals surface area contributed by atoms with Crippen LogP contribution in [0.1, 0.15) is 11.1 Å². The van der Waals surface area contributed by atoms with E-state index < -0.39 is 0 Å². The third-order valence-corrected chi connectivity index (χ3v) is 3.68. The molecule has 2 aromatic rings. The number of rotatable bonds is 7. The zero-order valence-corrected chi connectivity index (χ0v) is 14.1. The predicted octanol–water partition coefficient (Wildman–Crippen LogP) is 0.579. The van der Waals surface area contributed by atoms with E-state index in [4.69, 9.17) is 9.47 Å². The zero-order chi connectivity index (χ0) is 17.5. The highest BCUT2D eigenvalue weighted by Gasteiger charge is 2.12. The normalized spacial score (nSPS) is 10.2. The van der Waals surface area contributed by atoms with E-state index in [1.165, 1.54) is 0 Å². The van der Waals surface area contributed by atoms with Gasteiger partial charge in [-0.25, -0.2) is 0 Å². The number of nitriles is 1. The Balaban J connectivity index is 2.27. The number of hydrogen-bond donors (Lipinski definition) is 1. The SMILES string of the molecule is Bc1ccc(Oc2ccc(C#N)c(N(C)CCOC)n2)cc1CO. The van der Waals surface area contributed by atoms with Gasteiger partial charge in [-0.05, 0) is 23.8 Å². The van der Waals surface area contributed by atoms with Gasteiger partial charge in [0.15, 0.2) is 0 Å². The maximum absolute atomic E-state index is 9.35. The first kappa shape index (κ1) is 17.8. The summed E-state index contributed by atoms with van der Waals surface area (Å²) < 4.78 is 10.8. The second kappa shape index (κ2) is 8.34. The van der Waals surface area contributed by atoms with E-state index in [1.54, 1.807) is 25.3 Å².